The molecule has 0 aliphatic rings. The zero-order chi connectivity index (χ0) is 8.04. The fourth-order valence-electron chi connectivity index (χ4n) is 0.459. The quantitative estimate of drug-likeness (QED) is 0.530. The van der Waals surface area contributed by atoms with Crippen LogP contribution in [0.15, 0.2) is 0 Å². The summed E-state index contributed by atoms with van der Waals surface area (Å²) in [4.78, 5) is 0. The van der Waals surface area contributed by atoms with Crippen LogP contribution in [0, 0.1) is 0 Å². The summed E-state index contributed by atoms with van der Waals surface area (Å²) >= 11 is 2.79. The van der Waals surface area contributed by atoms with Crippen LogP contribution in [-0.2, 0) is 13.6 Å². The topological polar surface area (TPSA) is 27.7 Å². The van der Waals surface area contributed by atoms with E-state index in [4.69, 9.17) is 13.6 Å². The summed E-state index contributed by atoms with van der Waals surface area (Å²) in [5.74, 6) is 0. The molecule has 0 saturated carbocycles. The average molecular weight is 231 g/mol. The first-order valence-electron chi connectivity index (χ1n) is 3.13. The van der Waals surface area contributed by atoms with Gasteiger partial charge in [0.05, 0.1) is 0 Å². The second-order valence-corrected chi connectivity index (χ2v) is 6.06. The molecule has 0 bridgehead atoms. The van der Waals surface area contributed by atoms with Crippen LogP contribution in [0.2, 0.25) is 0 Å². The summed E-state index contributed by atoms with van der Waals surface area (Å²) in [6.07, 6.45) is -2.08. The molecular weight excluding hydrogens is 218 g/mol. The van der Waals surface area contributed by atoms with Crippen molar-refractivity contribution in [1.82, 2.24) is 0 Å². The van der Waals surface area contributed by atoms with Gasteiger partial charge in [-0.2, -0.15) is 0 Å². The van der Waals surface area contributed by atoms with Crippen LogP contribution in [0.5, 0.6) is 0 Å². The second-order valence-electron chi connectivity index (χ2n) is 1.47. The molecule has 0 amide bonds. The van der Waals surface area contributed by atoms with E-state index in [1.807, 2.05) is 13.8 Å². The van der Waals surface area contributed by atoms with E-state index < -0.39 is 6.19 Å². The monoisotopic (exact) mass is 232 g/mol. The first-order valence-corrected chi connectivity index (χ1v) is 6.89. The molecule has 0 aromatic rings. The molecule has 0 unspecified atom stereocenters. The van der Waals surface area contributed by atoms with Crippen molar-refractivity contribution in [2.75, 3.05) is 20.3 Å². The van der Waals surface area contributed by atoms with Crippen molar-refractivity contribution < 1.29 is 13.6 Å². The predicted molar refractivity (Wildman–Crippen MR) is 42.9 cm³/mol. The van der Waals surface area contributed by atoms with Crippen molar-refractivity contribution in [3.8, 4) is 0 Å². The third-order valence-electron chi connectivity index (χ3n) is 0.798. The normalized spacial score (nSPS) is 11.9. The molecule has 62 valence electrons. The third kappa shape index (κ3) is 3.87. The third-order valence-corrected chi connectivity index (χ3v) is 4.66. The SMILES string of the molecule is CCOP(=[Se])(OC)OCC. The van der Waals surface area contributed by atoms with Gasteiger partial charge in [-0.25, -0.2) is 0 Å². The Labute approximate surface area is 69.5 Å². The van der Waals surface area contributed by atoms with Crippen LogP contribution in [-0.4, -0.2) is 35.4 Å². The molecule has 0 rings (SSSR count). The van der Waals surface area contributed by atoms with E-state index in [-0.39, 0.29) is 0 Å². The molecule has 0 aliphatic heterocycles. The van der Waals surface area contributed by atoms with E-state index in [2.05, 4.69) is 15.1 Å². The van der Waals surface area contributed by atoms with Gasteiger partial charge in [0.15, 0.2) is 0 Å². The predicted octanol–water partition coefficient (Wildman–Crippen LogP) is 1.55. The van der Waals surface area contributed by atoms with Gasteiger partial charge in [0.1, 0.15) is 0 Å². The van der Waals surface area contributed by atoms with Crippen LogP contribution in [0.4, 0.5) is 0 Å². The van der Waals surface area contributed by atoms with Gasteiger partial charge in [0.2, 0.25) is 0 Å². The van der Waals surface area contributed by atoms with Crippen molar-refractivity contribution in [2.45, 2.75) is 13.8 Å². The Morgan fingerprint density at radius 1 is 1.20 bits per heavy atom. The van der Waals surface area contributed by atoms with Crippen molar-refractivity contribution in [1.29, 1.82) is 0 Å². The Hall–Kier alpha value is 0.829. The molecule has 0 radical (unpaired) electrons. The molecule has 0 spiro atoms. The molecule has 10 heavy (non-hydrogen) atoms. The molecule has 0 saturated heterocycles. The van der Waals surface area contributed by atoms with E-state index in [9.17, 15) is 0 Å². The van der Waals surface area contributed by atoms with E-state index >= 15 is 0 Å². The summed E-state index contributed by atoms with van der Waals surface area (Å²) in [6, 6.07) is 0. The van der Waals surface area contributed by atoms with Gasteiger partial charge >= 0.3 is 69.0 Å². The molecule has 3 nitrogen and oxygen atoms in total. The maximum atomic E-state index is 5.23. The van der Waals surface area contributed by atoms with Crippen LogP contribution in [0.25, 0.3) is 0 Å². The summed E-state index contributed by atoms with van der Waals surface area (Å²) in [5.41, 5.74) is 0. The first-order chi connectivity index (χ1) is 4.68. The number of rotatable bonds is 5. The second kappa shape index (κ2) is 5.48. The van der Waals surface area contributed by atoms with E-state index in [1.54, 1.807) is 7.11 Å². The average Bonchev–Trinajstić information content (AvgIpc) is 1.89. The van der Waals surface area contributed by atoms with Crippen LogP contribution < -0.4 is 0 Å². The summed E-state index contributed by atoms with van der Waals surface area (Å²) < 4.78 is 15.5. The van der Waals surface area contributed by atoms with Crippen LogP contribution in [0.1, 0.15) is 13.8 Å². The Morgan fingerprint density at radius 2 is 1.60 bits per heavy atom. The van der Waals surface area contributed by atoms with Gasteiger partial charge in [0.25, 0.3) is 0 Å². The Morgan fingerprint density at radius 3 is 1.80 bits per heavy atom. The molecule has 0 heterocycles. The van der Waals surface area contributed by atoms with Crippen LogP contribution >= 0.6 is 6.19 Å². The van der Waals surface area contributed by atoms with Crippen molar-refractivity contribution in [3.63, 3.8) is 0 Å². The van der Waals surface area contributed by atoms with Crippen molar-refractivity contribution in [2.24, 2.45) is 0 Å². The molecule has 0 atom stereocenters. The molecule has 5 heteroatoms. The van der Waals surface area contributed by atoms with Gasteiger partial charge in [-0.15, -0.1) is 0 Å². The maximum absolute atomic E-state index is 5.23. The molecule has 0 N–H and O–H groups in total. The number of hydrogen-bond donors (Lipinski definition) is 0. The van der Waals surface area contributed by atoms with Gasteiger partial charge < -0.3 is 0 Å². The Kier molecular flexibility index (Phi) is 5.93. The van der Waals surface area contributed by atoms with Crippen LogP contribution in [0.3, 0.4) is 0 Å². The fraction of sp³-hybridized carbons (Fsp3) is 1.00. The number of hydrogen-bond acceptors (Lipinski definition) is 3. The Balaban J connectivity index is 3.83. The van der Waals surface area contributed by atoms with E-state index in [0.717, 1.165) is 0 Å². The zero-order valence-corrected chi connectivity index (χ0v) is 9.10. The molecule has 0 aliphatic carbocycles. The van der Waals surface area contributed by atoms with Gasteiger partial charge in [-0.3, -0.25) is 0 Å². The summed E-state index contributed by atoms with van der Waals surface area (Å²) in [6.45, 7) is 5.03. The van der Waals surface area contributed by atoms with Gasteiger partial charge in [-0.1, -0.05) is 0 Å². The first kappa shape index (κ1) is 10.8. The Bertz CT molecular complexity index is 118. The molecular formula is C5H13O3PSe. The summed E-state index contributed by atoms with van der Waals surface area (Å²) in [7, 11) is 1.58. The van der Waals surface area contributed by atoms with Gasteiger partial charge in [0, 0.05) is 0 Å². The summed E-state index contributed by atoms with van der Waals surface area (Å²) in [5, 5.41) is 0. The zero-order valence-electron chi connectivity index (χ0n) is 6.49. The van der Waals surface area contributed by atoms with E-state index in [1.165, 1.54) is 0 Å². The molecule has 0 aromatic carbocycles. The minimum atomic E-state index is -2.08. The fourth-order valence-corrected chi connectivity index (χ4v) is 2.70. The van der Waals surface area contributed by atoms with E-state index in [0.29, 0.717) is 13.2 Å². The van der Waals surface area contributed by atoms with Gasteiger partial charge in [-0.05, 0) is 0 Å². The minimum absolute atomic E-state index is 0.606. The van der Waals surface area contributed by atoms with Crippen molar-refractivity contribution in [3.05, 3.63) is 0 Å². The standard InChI is InChI=1S/C5H13O3PSe/c1-4-7-9(10,6-3)8-5-2/h4-5H2,1-3H3. The molecule has 0 aromatic heterocycles. The molecule has 0 fully saturated rings. The van der Waals surface area contributed by atoms with Crippen molar-refractivity contribution >= 4 is 21.3 Å².